The summed E-state index contributed by atoms with van der Waals surface area (Å²) in [6.45, 7) is 9.49. The Labute approximate surface area is 124 Å². The minimum Gasteiger partial charge on any atom is -0.453 e. The van der Waals surface area contributed by atoms with Gasteiger partial charge in [-0.3, -0.25) is 4.79 Å². The molecule has 0 unspecified atom stereocenters. The number of ether oxygens (including phenoxy) is 1. The van der Waals surface area contributed by atoms with Gasteiger partial charge in [0.1, 0.15) is 0 Å². The first kappa shape index (κ1) is 22.8. The fourth-order valence-corrected chi connectivity index (χ4v) is 1.35. The lowest BCUT2D eigenvalue weighted by molar-refractivity contribution is -0.129. The number of ketones is 1. The highest BCUT2D eigenvalue weighted by Gasteiger charge is 2.33. The average molecular weight is 297 g/mol. The Morgan fingerprint density at radius 1 is 1.22 bits per heavy atom. The molecule has 0 aromatic rings. The first-order valence-electron chi connectivity index (χ1n) is 5.62. The molecular weight excluding hydrogens is 270 g/mol. The fourth-order valence-electron chi connectivity index (χ4n) is 1.35. The van der Waals surface area contributed by atoms with E-state index < -0.39 is 17.6 Å². The number of rotatable bonds is 4. The monoisotopic (exact) mass is 297 g/mol. The highest BCUT2D eigenvalue weighted by molar-refractivity contribution is 7.59. The molecule has 0 aliphatic carbocycles. The van der Waals surface area contributed by atoms with Crippen LogP contribution < -0.4 is 5.32 Å². The van der Waals surface area contributed by atoms with Crippen molar-refractivity contribution in [3.8, 4) is 0 Å². The number of carbonyl (C=O) groups excluding carboxylic acids is 2. The Hall–Kier alpha value is -0.360. The Morgan fingerprint density at radius 2 is 1.67 bits per heavy atom. The van der Waals surface area contributed by atoms with E-state index in [1.165, 1.54) is 7.11 Å². The molecule has 1 N–H and O–H groups in total. The van der Waals surface area contributed by atoms with Gasteiger partial charge in [0.05, 0.1) is 13.2 Å². The number of hydrogen-bond acceptors (Lipinski definition) is 3. The van der Waals surface area contributed by atoms with Gasteiger partial charge in [-0.05, 0) is 5.92 Å². The van der Waals surface area contributed by atoms with Crippen molar-refractivity contribution in [2.75, 3.05) is 7.11 Å². The molecule has 0 bridgehead atoms. The lowest BCUT2D eigenvalue weighted by Crippen LogP contribution is -2.49. The van der Waals surface area contributed by atoms with Crippen LogP contribution in [0.3, 0.4) is 0 Å². The van der Waals surface area contributed by atoms with Gasteiger partial charge in [0.2, 0.25) is 0 Å². The van der Waals surface area contributed by atoms with Crippen LogP contribution in [0.4, 0.5) is 4.79 Å². The summed E-state index contributed by atoms with van der Waals surface area (Å²) in [5.74, 6) is 0.137. The third-order valence-electron chi connectivity index (χ3n) is 2.69. The zero-order valence-corrected chi connectivity index (χ0v) is 14.1. The van der Waals surface area contributed by atoms with Crippen LogP contribution in [0, 0.1) is 11.3 Å². The molecule has 2 atom stereocenters. The van der Waals surface area contributed by atoms with Crippen LogP contribution in [-0.2, 0) is 9.53 Å². The van der Waals surface area contributed by atoms with Gasteiger partial charge in [0.25, 0.3) is 0 Å². The Bertz CT molecular complexity index is 265. The van der Waals surface area contributed by atoms with E-state index in [1.54, 1.807) is 0 Å². The van der Waals surface area contributed by atoms with Gasteiger partial charge in [0.15, 0.2) is 5.78 Å². The second kappa shape index (κ2) is 9.55. The van der Waals surface area contributed by atoms with E-state index in [0.717, 1.165) is 6.42 Å². The van der Waals surface area contributed by atoms with E-state index in [2.05, 4.69) is 10.1 Å². The highest BCUT2D eigenvalue weighted by atomic mass is 32.1. The van der Waals surface area contributed by atoms with Gasteiger partial charge in [-0.2, -0.15) is 27.0 Å². The zero-order chi connectivity index (χ0) is 12.9. The van der Waals surface area contributed by atoms with Crippen LogP contribution in [0.25, 0.3) is 0 Å². The third kappa shape index (κ3) is 7.16. The van der Waals surface area contributed by atoms with Crippen LogP contribution in [0.5, 0.6) is 0 Å². The summed E-state index contributed by atoms with van der Waals surface area (Å²) in [5, 5.41) is 2.61. The normalized spacial score (nSPS) is 13.4. The Kier molecular flexibility index (Phi) is 12.1. The largest absolute Gasteiger partial charge is 0.453 e. The van der Waals surface area contributed by atoms with E-state index in [4.69, 9.17) is 0 Å². The number of carbonyl (C=O) groups is 2. The number of hydrogen-bond donors (Lipinski definition) is 1. The lowest BCUT2D eigenvalue weighted by Gasteiger charge is -2.28. The first-order valence-corrected chi connectivity index (χ1v) is 5.62. The molecule has 0 fully saturated rings. The number of methoxy groups -OCH3 is 1. The molecule has 0 spiro atoms. The first-order chi connectivity index (χ1) is 7.23. The van der Waals surface area contributed by atoms with Gasteiger partial charge in [-0.1, -0.05) is 41.0 Å². The molecule has 0 saturated carbocycles. The van der Waals surface area contributed by atoms with Crippen molar-refractivity contribution in [2.45, 2.75) is 47.1 Å². The number of Topliss-reactive ketones (excluding diaryl/α,β-unsaturated/α-hetero) is 1. The summed E-state index contributed by atoms with van der Waals surface area (Å²) in [6, 6.07) is -0.475. The molecule has 0 saturated heterocycles. The molecule has 0 heterocycles. The average Bonchev–Trinajstić information content (AvgIpc) is 2.22. The molecular formula is C12H27NO3S2. The number of nitrogens with one attached hydrogen (secondary N) is 1. The lowest BCUT2D eigenvalue weighted by atomic mass is 9.81. The van der Waals surface area contributed by atoms with Crippen LogP contribution in [-0.4, -0.2) is 25.0 Å². The Balaban J connectivity index is -0.00000112. The molecule has 18 heavy (non-hydrogen) atoms. The molecule has 0 rings (SSSR count). The second-order valence-electron chi connectivity index (χ2n) is 5.11. The van der Waals surface area contributed by atoms with Crippen LogP contribution >= 0.6 is 27.0 Å². The highest BCUT2D eigenvalue weighted by Crippen LogP contribution is 2.21. The fraction of sp³-hybridized carbons (Fsp3) is 0.833. The van der Waals surface area contributed by atoms with Crippen LogP contribution in [0.15, 0.2) is 0 Å². The third-order valence-corrected chi connectivity index (χ3v) is 2.69. The molecule has 6 heteroatoms. The smallest absolute Gasteiger partial charge is 0.407 e. The summed E-state index contributed by atoms with van der Waals surface area (Å²) in [6.07, 6.45) is 0.277. The van der Waals surface area contributed by atoms with E-state index in [1.807, 2.05) is 34.6 Å². The molecule has 0 aromatic heterocycles. The summed E-state index contributed by atoms with van der Waals surface area (Å²) in [4.78, 5) is 23.3. The molecule has 4 nitrogen and oxygen atoms in total. The minimum absolute atomic E-state index is 0. The predicted molar refractivity (Wildman–Crippen MR) is 84.0 cm³/mol. The standard InChI is InChI=1S/C12H23NO3.2H2S/c1-7-8(2)9(13-11(15)16-6)10(14)12(3,4)5;;/h8-9H,7H2,1-6H3,(H,13,15);2*1H2/t8-,9-;;/m0../s1. The summed E-state index contributed by atoms with van der Waals surface area (Å²) < 4.78 is 4.54. The second-order valence-corrected chi connectivity index (χ2v) is 5.11. The predicted octanol–water partition coefficient (Wildman–Crippen LogP) is 2.60. The maximum atomic E-state index is 12.1. The van der Waals surface area contributed by atoms with Crippen molar-refractivity contribution in [3.05, 3.63) is 0 Å². The van der Waals surface area contributed by atoms with Gasteiger partial charge < -0.3 is 10.1 Å². The molecule has 0 aliphatic heterocycles. The van der Waals surface area contributed by atoms with Crippen molar-refractivity contribution in [2.24, 2.45) is 11.3 Å². The molecule has 1 amide bonds. The van der Waals surface area contributed by atoms with Crippen LogP contribution in [0.2, 0.25) is 0 Å². The molecule has 0 radical (unpaired) electrons. The summed E-state index contributed by atoms with van der Waals surface area (Å²) in [5.41, 5.74) is -0.463. The van der Waals surface area contributed by atoms with Crippen molar-refractivity contribution < 1.29 is 14.3 Å². The maximum Gasteiger partial charge on any atom is 0.407 e. The van der Waals surface area contributed by atoms with E-state index in [-0.39, 0.29) is 38.7 Å². The summed E-state index contributed by atoms with van der Waals surface area (Å²) in [7, 11) is 1.30. The van der Waals surface area contributed by atoms with Gasteiger partial charge in [-0.25, -0.2) is 4.79 Å². The van der Waals surface area contributed by atoms with Crippen molar-refractivity contribution in [3.63, 3.8) is 0 Å². The SMILES string of the molecule is CC[C@H](C)[C@H](NC(=O)OC)C(=O)C(C)(C)C.S.S. The quantitative estimate of drug-likeness (QED) is 0.868. The number of alkyl carbamates (subject to hydrolysis) is 1. The van der Waals surface area contributed by atoms with Crippen molar-refractivity contribution in [1.29, 1.82) is 0 Å². The van der Waals surface area contributed by atoms with Gasteiger partial charge >= 0.3 is 6.09 Å². The van der Waals surface area contributed by atoms with Crippen LogP contribution in [0.1, 0.15) is 41.0 Å². The number of amides is 1. The summed E-state index contributed by atoms with van der Waals surface area (Å²) >= 11 is 0. The maximum absolute atomic E-state index is 12.1. The van der Waals surface area contributed by atoms with E-state index >= 15 is 0 Å². The topological polar surface area (TPSA) is 55.4 Å². The van der Waals surface area contributed by atoms with Crippen molar-refractivity contribution in [1.82, 2.24) is 5.32 Å². The Morgan fingerprint density at radius 3 is 1.94 bits per heavy atom. The van der Waals surface area contributed by atoms with Gasteiger partial charge in [-0.15, -0.1) is 0 Å². The molecule has 0 aliphatic rings. The van der Waals surface area contributed by atoms with E-state index in [0.29, 0.717) is 0 Å². The van der Waals surface area contributed by atoms with Crippen molar-refractivity contribution >= 4 is 38.9 Å². The van der Waals surface area contributed by atoms with E-state index in [9.17, 15) is 9.59 Å². The zero-order valence-electron chi connectivity index (χ0n) is 12.1. The van der Waals surface area contributed by atoms with Gasteiger partial charge in [0, 0.05) is 5.41 Å². The molecule has 110 valence electrons. The molecule has 0 aromatic carbocycles. The minimum atomic E-state index is -0.553.